The minimum Gasteiger partial charge on any atom is -0.312 e. The van der Waals surface area contributed by atoms with E-state index in [1.807, 2.05) is 0 Å². The molecule has 48 valence electrons. The summed E-state index contributed by atoms with van der Waals surface area (Å²) in [7, 11) is 0. The third-order valence-electron chi connectivity index (χ3n) is 1.16. The van der Waals surface area contributed by atoms with Gasteiger partial charge in [-0.05, 0) is 0 Å². The molecule has 0 aromatic heterocycles. The number of hydrogen-bond acceptors (Lipinski definition) is 3. The summed E-state index contributed by atoms with van der Waals surface area (Å²) >= 11 is 0. The molecule has 0 amide bonds. The summed E-state index contributed by atoms with van der Waals surface area (Å²) in [6, 6.07) is 0. The zero-order chi connectivity index (χ0) is 5.98. The Hall–Kier alpha value is -0.190. The molecule has 1 fully saturated rings. The zero-order valence-electron chi connectivity index (χ0n) is 4.52. The van der Waals surface area contributed by atoms with Gasteiger partial charge in [0.25, 0.3) is 0 Å². The first-order valence-corrected chi connectivity index (χ1v) is 2.67. The van der Waals surface area contributed by atoms with Crippen LogP contribution in [-0.4, -0.2) is 25.6 Å². The van der Waals surface area contributed by atoms with Crippen LogP contribution in [0.4, 0.5) is 4.39 Å². The van der Waals surface area contributed by atoms with Gasteiger partial charge in [-0.1, -0.05) is 0 Å². The predicted octanol–water partition coefficient (Wildman–Crippen LogP) is -1.24. The van der Waals surface area contributed by atoms with Crippen molar-refractivity contribution in [3.63, 3.8) is 0 Å². The van der Waals surface area contributed by atoms with E-state index < -0.39 is 12.5 Å². The minimum atomic E-state index is -1.08. The van der Waals surface area contributed by atoms with Crippen molar-refractivity contribution >= 4 is 0 Å². The van der Waals surface area contributed by atoms with Crippen LogP contribution in [0.15, 0.2) is 0 Å². The summed E-state index contributed by atoms with van der Waals surface area (Å²) < 4.78 is 12.3. The Kier molecular flexibility index (Phi) is 1.77. The number of rotatable bonds is 0. The monoisotopic (exact) mass is 119 g/mol. The molecule has 0 aromatic rings. The first kappa shape index (κ1) is 5.94. The number of halogens is 1. The zero-order valence-corrected chi connectivity index (χ0v) is 4.52. The molecule has 8 heavy (non-hydrogen) atoms. The Morgan fingerprint density at radius 2 is 2.00 bits per heavy atom. The van der Waals surface area contributed by atoms with Crippen LogP contribution >= 0.6 is 0 Å². The molecule has 0 aliphatic carbocycles. The number of piperazine rings is 1. The fourth-order valence-corrected chi connectivity index (χ4v) is 0.679. The molecule has 0 spiro atoms. The Balaban J connectivity index is 2.28. The molecule has 4 N–H and O–H groups in total. The summed E-state index contributed by atoms with van der Waals surface area (Å²) in [5.41, 5.74) is 5.23. The van der Waals surface area contributed by atoms with Gasteiger partial charge in [-0.2, -0.15) is 0 Å². The van der Waals surface area contributed by atoms with Gasteiger partial charge in [0.2, 0.25) is 0 Å². The second kappa shape index (κ2) is 2.39. The van der Waals surface area contributed by atoms with Crippen molar-refractivity contribution in [1.82, 2.24) is 10.6 Å². The van der Waals surface area contributed by atoms with Crippen molar-refractivity contribution in [3.05, 3.63) is 0 Å². The molecule has 1 aliphatic heterocycles. The van der Waals surface area contributed by atoms with Crippen molar-refractivity contribution in [2.75, 3.05) is 13.1 Å². The summed E-state index contributed by atoms with van der Waals surface area (Å²) in [6.45, 7) is 1.41. The molecule has 1 aliphatic rings. The number of nitrogens with two attached hydrogens (primary N) is 1. The molecule has 4 heteroatoms. The van der Waals surface area contributed by atoms with Crippen LogP contribution in [0.1, 0.15) is 0 Å². The van der Waals surface area contributed by atoms with Gasteiger partial charge in [0.05, 0.1) is 0 Å². The highest BCUT2D eigenvalue weighted by atomic mass is 19.1. The highest BCUT2D eigenvalue weighted by Crippen LogP contribution is 1.91. The molecule has 0 saturated carbocycles. The Morgan fingerprint density at radius 1 is 1.38 bits per heavy atom. The molecular formula is C4H10FN3. The first-order chi connectivity index (χ1) is 3.80. The Bertz CT molecular complexity index is 67.7. The third-order valence-corrected chi connectivity index (χ3v) is 1.16. The Labute approximate surface area is 47.4 Å². The topological polar surface area (TPSA) is 50.1 Å². The van der Waals surface area contributed by atoms with E-state index in [1.54, 1.807) is 0 Å². The van der Waals surface area contributed by atoms with Crippen molar-refractivity contribution < 1.29 is 4.39 Å². The summed E-state index contributed by atoms with van der Waals surface area (Å²) in [5.74, 6) is 0. The fraction of sp³-hybridized carbons (Fsp3) is 1.00. The summed E-state index contributed by atoms with van der Waals surface area (Å²) in [4.78, 5) is 0. The molecule has 3 nitrogen and oxygen atoms in total. The predicted molar refractivity (Wildman–Crippen MR) is 28.9 cm³/mol. The lowest BCUT2D eigenvalue weighted by Crippen LogP contribution is -2.58. The van der Waals surface area contributed by atoms with E-state index in [0.29, 0.717) is 6.54 Å². The molecule has 1 saturated heterocycles. The second-order valence-electron chi connectivity index (χ2n) is 1.84. The maximum atomic E-state index is 12.3. The van der Waals surface area contributed by atoms with Gasteiger partial charge in [-0.25, -0.2) is 4.39 Å². The minimum absolute atomic E-state index is 0.524. The third kappa shape index (κ3) is 1.15. The maximum absolute atomic E-state index is 12.3. The molecule has 1 heterocycles. The largest absolute Gasteiger partial charge is 0.312 e. The van der Waals surface area contributed by atoms with Gasteiger partial charge in [-0.15, -0.1) is 0 Å². The molecule has 1 rings (SSSR count). The lowest BCUT2D eigenvalue weighted by molar-refractivity contribution is 0.179. The second-order valence-corrected chi connectivity index (χ2v) is 1.84. The SMILES string of the molecule is NC1NCCNC1F. The average Bonchev–Trinajstić information content (AvgIpc) is 1.77. The van der Waals surface area contributed by atoms with Crippen molar-refractivity contribution in [2.24, 2.45) is 5.73 Å². The maximum Gasteiger partial charge on any atom is 0.179 e. The first-order valence-electron chi connectivity index (χ1n) is 2.67. The van der Waals surface area contributed by atoms with Crippen molar-refractivity contribution in [1.29, 1.82) is 0 Å². The van der Waals surface area contributed by atoms with E-state index in [0.717, 1.165) is 6.54 Å². The molecule has 0 aromatic carbocycles. The van der Waals surface area contributed by atoms with Crippen LogP contribution in [0.3, 0.4) is 0 Å². The van der Waals surface area contributed by atoms with Gasteiger partial charge < -0.3 is 5.73 Å². The van der Waals surface area contributed by atoms with Gasteiger partial charge in [0.1, 0.15) is 6.17 Å². The summed E-state index contributed by atoms with van der Waals surface area (Å²) in [6.07, 6.45) is -1.60. The van der Waals surface area contributed by atoms with Crippen LogP contribution in [0, 0.1) is 0 Å². The highest BCUT2D eigenvalue weighted by molar-refractivity contribution is 4.73. The molecule has 2 unspecified atom stereocenters. The Morgan fingerprint density at radius 3 is 2.38 bits per heavy atom. The highest BCUT2D eigenvalue weighted by Gasteiger charge is 2.18. The van der Waals surface area contributed by atoms with Crippen LogP contribution in [0.2, 0.25) is 0 Å². The van der Waals surface area contributed by atoms with E-state index >= 15 is 0 Å². The van der Waals surface area contributed by atoms with Gasteiger partial charge >= 0.3 is 0 Å². The quantitative estimate of drug-likeness (QED) is 0.350. The van der Waals surface area contributed by atoms with E-state index in [1.165, 1.54) is 0 Å². The van der Waals surface area contributed by atoms with E-state index in [-0.39, 0.29) is 0 Å². The van der Waals surface area contributed by atoms with Crippen LogP contribution in [0.5, 0.6) is 0 Å². The normalized spacial score (nSPS) is 39.8. The lowest BCUT2D eigenvalue weighted by atomic mass is 10.3. The molecule has 2 atom stereocenters. The van der Waals surface area contributed by atoms with Gasteiger partial charge in [0.15, 0.2) is 6.30 Å². The van der Waals surface area contributed by atoms with Crippen LogP contribution in [-0.2, 0) is 0 Å². The van der Waals surface area contributed by atoms with Crippen molar-refractivity contribution in [3.8, 4) is 0 Å². The van der Waals surface area contributed by atoms with Crippen LogP contribution < -0.4 is 16.4 Å². The van der Waals surface area contributed by atoms with E-state index in [9.17, 15) is 4.39 Å². The number of hydrogen-bond donors (Lipinski definition) is 3. The fourth-order valence-electron chi connectivity index (χ4n) is 0.679. The molecular weight excluding hydrogens is 109 g/mol. The molecule has 0 radical (unpaired) electrons. The van der Waals surface area contributed by atoms with E-state index in [4.69, 9.17) is 5.73 Å². The number of nitrogens with one attached hydrogen (secondary N) is 2. The van der Waals surface area contributed by atoms with Gasteiger partial charge in [-0.3, -0.25) is 10.6 Å². The average molecular weight is 119 g/mol. The smallest absolute Gasteiger partial charge is 0.179 e. The standard InChI is InChI=1S/C4H10FN3/c5-3-4(6)8-2-1-7-3/h3-4,7-8H,1-2,6H2. The molecule has 0 bridgehead atoms. The lowest BCUT2D eigenvalue weighted by Gasteiger charge is -2.24. The van der Waals surface area contributed by atoms with Crippen molar-refractivity contribution in [2.45, 2.75) is 12.5 Å². The number of alkyl halides is 1. The van der Waals surface area contributed by atoms with Crippen LogP contribution in [0.25, 0.3) is 0 Å². The summed E-state index contributed by atoms with van der Waals surface area (Å²) in [5, 5.41) is 5.35. The van der Waals surface area contributed by atoms with Gasteiger partial charge in [0, 0.05) is 13.1 Å². The van der Waals surface area contributed by atoms with E-state index in [2.05, 4.69) is 10.6 Å².